The number of halogens is 3. The van der Waals surface area contributed by atoms with Crippen LogP contribution in [-0.4, -0.2) is 26.9 Å². The SMILES string of the molecule is CN1Cc2c(Cl)cc(Cl)cc2C(c2ccc(NS(=O)(=O)c3ccc(Br)s3)cc2)C1. The van der Waals surface area contributed by atoms with Crippen molar-refractivity contribution in [3.8, 4) is 0 Å². The third kappa shape index (κ3) is 4.50. The molecule has 29 heavy (non-hydrogen) atoms. The van der Waals surface area contributed by atoms with Crippen LogP contribution in [0.1, 0.15) is 22.6 Å². The molecule has 1 aromatic heterocycles. The Hall–Kier alpha value is -1.09. The molecule has 9 heteroatoms. The standard InChI is InChI=1S/C20H17BrCl2N2O2S2/c1-25-10-16(15-8-13(22)9-18(23)17(15)11-25)12-2-4-14(5-3-12)24-29(26,27)20-7-6-19(21)28-20/h2-9,16,24H,10-11H2,1H3. The molecule has 0 spiro atoms. The van der Waals surface area contributed by atoms with Gasteiger partial charge >= 0.3 is 0 Å². The molecule has 0 bridgehead atoms. The van der Waals surface area contributed by atoms with Crippen LogP contribution in [0.25, 0.3) is 0 Å². The number of fused-ring (bicyclic) bond motifs is 1. The lowest BCUT2D eigenvalue weighted by Gasteiger charge is -2.33. The lowest BCUT2D eigenvalue weighted by atomic mass is 9.85. The van der Waals surface area contributed by atoms with Crippen molar-refractivity contribution in [2.75, 3.05) is 18.3 Å². The van der Waals surface area contributed by atoms with Gasteiger partial charge < -0.3 is 4.90 Å². The van der Waals surface area contributed by atoms with Gasteiger partial charge in [0.25, 0.3) is 10.0 Å². The Bertz CT molecular complexity index is 1160. The van der Waals surface area contributed by atoms with E-state index >= 15 is 0 Å². The Labute approximate surface area is 192 Å². The number of nitrogens with one attached hydrogen (secondary N) is 1. The Balaban J connectivity index is 1.62. The van der Waals surface area contributed by atoms with Gasteiger partial charge in [-0.25, -0.2) is 8.42 Å². The average molecular weight is 532 g/mol. The lowest BCUT2D eigenvalue weighted by Crippen LogP contribution is -2.31. The molecule has 1 unspecified atom stereocenters. The second-order valence-electron chi connectivity index (χ2n) is 6.99. The number of sulfonamides is 1. The van der Waals surface area contributed by atoms with Crippen LogP contribution in [0.3, 0.4) is 0 Å². The second-order valence-corrected chi connectivity index (χ2v) is 12.2. The summed E-state index contributed by atoms with van der Waals surface area (Å²) in [6.45, 7) is 1.61. The molecule has 4 rings (SSSR count). The average Bonchev–Trinajstić information content (AvgIpc) is 3.10. The highest BCUT2D eigenvalue weighted by Gasteiger charge is 2.27. The number of nitrogens with zero attached hydrogens (tertiary/aromatic N) is 1. The predicted octanol–water partition coefficient (Wildman–Crippen LogP) is 6.20. The van der Waals surface area contributed by atoms with Crippen LogP contribution in [0.5, 0.6) is 0 Å². The number of anilines is 1. The van der Waals surface area contributed by atoms with E-state index in [-0.39, 0.29) is 10.1 Å². The number of rotatable bonds is 4. The summed E-state index contributed by atoms with van der Waals surface area (Å²) in [5.74, 6) is 0.110. The fourth-order valence-corrected chi connectivity index (χ4v) is 7.20. The van der Waals surface area contributed by atoms with Gasteiger partial charge in [0.15, 0.2) is 0 Å². The maximum Gasteiger partial charge on any atom is 0.271 e. The Morgan fingerprint density at radius 1 is 1.14 bits per heavy atom. The minimum absolute atomic E-state index is 0.110. The van der Waals surface area contributed by atoms with Crippen LogP contribution in [0, 0.1) is 0 Å². The fraction of sp³-hybridized carbons (Fsp3) is 0.200. The van der Waals surface area contributed by atoms with Gasteiger partial charge in [-0.3, -0.25) is 4.72 Å². The van der Waals surface area contributed by atoms with Crippen LogP contribution >= 0.6 is 50.5 Å². The minimum atomic E-state index is -3.60. The third-order valence-corrected chi connectivity index (χ3v) is 8.92. The highest BCUT2D eigenvalue weighted by molar-refractivity contribution is 9.11. The zero-order chi connectivity index (χ0) is 20.8. The Morgan fingerprint density at radius 2 is 1.86 bits per heavy atom. The number of likely N-dealkylation sites (N-methyl/N-ethyl adjacent to an activating group) is 1. The molecule has 0 saturated carbocycles. The molecule has 4 nitrogen and oxygen atoms in total. The van der Waals surface area contributed by atoms with Gasteiger partial charge in [0.05, 0.1) is 3.79 Å². The van der Waals surface area contributed by atoms with Gasteiger partial charge in [-0.1, -0.05) is 35.3 Å². The third-order valence-electron chi connectivity index (χ3n) is 4.87. The van der Waals surface area contributed by atoms with Gasteiger partial charge in [0, 0.05) is 34.7 Å². The van der Waals surface area contributed by atoms with Crippen LogP contribution in [-0.2, 0) is 16.6 Å². The molecule has 2 heterocycles. The zero-order valence-electron chi connectivity index (χ0n) is 15.3. The van der Waals surface area contributed by atoms with E-state index in [4.69, 9.17) is 23.2 Å². The van der Waals surface area contributed by atoms with E-state index in [1.54, 1.807) is 30.3 Å². The van der Waals surface area contributed by atoms with E-state index in [9.17, 15) is 8.42 Å². The van der Waals surface area contributed by atoms with Crippen LogP contribution in [0.15, 0.2) is 56.5 Å². The van der Waals surface area contributed by atoms with Crippen molar-refractivity contribution in [2.45, 2.75) is 16.7 Å². The number of hydrogen-bond acceptors (Lipinski definition) is 4. The van der Waals surface area contributed by atoms with E-state index in [2.05, 4.69) is 32.6 Å². The van der Waals surface area contributed by atoms with Crippen molar-refractivity contribution in [1.82, 2.24) is 4.90 Å². The molecule has 0 fully saturated rings. The maximum atomic E-state index is 12.5. The number of thiophene rings is 1. The molecular formula is C20H17BrCl2N2O2S2. The lowest BCUT2D eigenvalue weighted by molar-refractivity contribution is 0.295. The van der Waals surface area contributed by atoms with Crippen LogP contribution in [0.2, 0.25) is 10.0 Å². The minimum Gasteiger partial charge on any atom is -0.301 e. The molecular weight excluding hydrogens is 515 g/mol. The van der Waals surface area contributed by atoms with Gasteiger partial charge in [-0.2, -0.15) is 0 Å². The first kappa shape index (κ1) is 21.2. The summed E-state index contributed by atoms with van der Waals surface area (Å²) in [5, 5.41) is 1.30. The zero-order valence-corrected chi connectivity index (χ0v) is 20.1. The summed E-state index contributed by atoms with van der Waals surface area (Å²) >= 11 is 17.2. The van der Waals surface area contributed by atoms with Gasteiger partial charge in [0.2, 0.25) is 0 Å². The highest BCUT2D eigenvalue weighted by atomic mass is 79.9. The molecule has 0 radical (unpaired) electrons. The largest absolute Gasteiger partial charge is 0.301 e. The molecule has 1 aliphatic rings. The van der Waals surface area contributed by atoms with Crippen molar-refractivity contribution in [3.63, 3.8) is 0 Å². The van der Waals surface area contributed by atoms with Crippen molar-refractivity contribution in [3.05, 3.63) is 79.1 Å². The molecule has 2 aromatic carbocycles. The first-order chi connectivity index (χ1) is 13.7. The first-order valence-corrected chi connectivity index (χ1v) is 12.6. The smallest absolute Gasteiger partial charge is 0.271 e. The summed E-state index contributed by atoms with van der Waals surface area (Å²) in [7, 11) is -1.55. The van der Waals surface area contributed by atoms with Gasteiger partial charge in [0.1, 0.15) is 4.21 Å². The molecule has 0 saturated heterocycles. The summed E-state index contributed by atoms with van der Waals surface area (Å²) in [5.41, 5.74) is 3.81. The quantitative estimate of drug-likeness (QED) is 0.436. The number of hydrogen-bond donors (Lipinski definition) is 1. The van der Waals surface area contributed by atoms with Crippen molar-refractivity contribution in [1.29, 1.82) is 0 Å². The predicted molar refractivity (Wildman–Crippen MR) is 124 cm³/mol. The van der Waals surface area contributed by atoms with E-state index in [0.29, 0.717) is 15.7 Å². The molecule has 1 N–H and O–H groups in total. The highest BCUT2D eigenvalue weighted by Crippen LogP contribution is 2.38. The molecule has 152 valence electrons. The molecule has 3 aromatic rings. The van der Waals surface area contributed by atoms with E-state index in [0.717, 1.165) is 33.6 Å². The summed E-state index contributed by atoms with van der Waals surface area (Å²) in [6, 6.07) is 14.5. The van der Waals surface area contributed by atoms with E-state index in [1.165, 1.54) is 11.3 Å². The maximum absolute atomic E-state index is 12.5. The fourth-order valence-electron chi connectivity index (χ4n) is 3.56. The van der Waals surface area contributed by atoms with Crippen molar-refractivity contribution < 1.29 is 8.42 Å². The molecule has 1 atom stereocenters. The summed E-state index contributed by atoms with van der Waals surface area (Å²) < 4.78 is 28.7. The number of benzene rings is 2. The van der Waals surface area contributed by atoms with Crippen LogP contribution < -0.4 is 4.72 Å². The van der Waals surface area contributed by atoms with Crippen molar-refractivity contribution >= 4 is 66.2 Å². The van der Waals surface area contributed by atoms with E-state index in [1.807, 2.05) is 18.2 Å². The molecule has 0 aliphatic carbocycles. The van der Waals surface area contributed by atoms with E-state index < -0.39 is 10.0 Å². The monoisotopic (exact) mass is 530 g/mol. The topological polar surface area (TPSA) is 49.4 Å². The second kappa shape index (κ2) is 8.21. The normalized spacial score (nSPS) is 17.2. The van der Waals surface area contributed by atoms with Crippen LogP contribution in [0.4, 0.5) is 5.69 Å². The van der Waals surface area contributed by atoms with Gasteiger partial charge in [-0.15, -0.1) is 11.3 Å². The van der Waals surface area contributed by atoms with Crippen molar-refractivity contribution in [2.24, 2.45) is 0 Å². The first-order valence-electron chi connectivity index (χ1n) is 8.77. The Kier molecular flexibility index (Phi) is 5.99. The Morgan fingerprint density at radius 3 is 2.52 bits per heavy atom. The summed E-state index contributed by atoms with van der Waals surface area (Å²) in [4.78, 5) is 2.22. The van der Waals surface area contributed by atoms with Gasteiger partial charge in [-0.05, 0) is 76.1 Å². The molecule has 0 amide bonds. The summed E-state index contributed by atoms with van der Waals surface area (Å²) in [6.07, 6.45) is 0. The molecule has 1 aliphatic heterocycles.